The molecule has 33 heavy (non-hydrogen) atoms. The fourth-order valence-corrected chi connectivity index (χ4v) is 4.39. The Morgan fingerprint density at radius 1 is 1.03 bits per heavy atom. The number of rotatable bonds is 8. The van der Waals surface area contributed by atoms with Gasteiger partial charge in [0.1, 0.15) is 0 Å². The number of nitrogens with zero attached hydrogens (tertiary/aromatic N) is 3. The minimum atomic E-state index is -3.49. The maximum Gasteiger partial charge on any atom is 0.240 e. The Labute approximate surface area is 196 Å². The van der Waals surface area contributed by atoms with E-state index in [1.165, 1.54) is 7.05 Å². The van der Waals surface area contributed by atoms with Crippen molar-refractivity contribution in [3.05, 3.63) is 83.2 Å². The Kier molecular flexibility index (Phi) is 6.78. The first-order chi connectivity index (χ1) is 16.0. The van der Waals surface area contributed by atoms with Crippen LogP contribution in [0.3, 0.4) is 0 Å². The molecule has 0 saturated carbocycles. The van der Waals surface area contributed by atoms with E-state index in [1.54, 1.807) is 41.8 Å². The summed E-state index contributed by atoms with van der Waals surface area (Å²) < 4.78 is 26.2. The highest BCUT2D eigenvalue weighted by Crippen LogP contribution is 2.29. The summed E-state index contributed by atoms with van der Waals surface area (Å²) in [5.74, 6) is 0.993. The van der Waals surface area contributed by atoms with Crippen LogP contribution in [0.4, 0.5) is 17.5 Å². The number of hydrazone groups is 1. The lowest BCUT2D eigenvalue weighted by Gasteiger charge is -2.11. The molecule has 2 heterocycles. The molecule has 0 aliphatic carbocycles. The number of benzene rings is 2. The van der Waals surface area contributed by atoms with Crippen LogP contribution >= 0.6 is 11.3 Å². The van der Waals surface area contributed by atoms with E-state index in [-0.39, 0.29) is 4.90 Å². The first-order valence-corrected chi connectivity index (χ1v) is 12.4. The average Bonchev–Trinajstić information content (AvgIpc) is 3.38. The molecule has 0 amide bonds. The fourth-order valence-electron chi connectivity index (χ4n) is 3.00. The zero-order valence-electron chi connectivity index (χ0n) is 18.0. The molecule has 8 nitrogen and oxygen atoms in total. The summed E-state index contributed by atoms with van der Waals surface area (Å²) >= 11 is 1.59. The maximum absolute atomic E-state index is 11.9. The standard InChI is InChI=1S/C23H22N6O2S2/c1-16(17-8-10-20(11-9-17)33(30,31)24-2)28-29-22-21(18-12-13-32-15-18)14-25-23(27-22)26-19-6-4-3-5-7-19/h3-15,24H,1-2H3,(H2,25,26,27,29). The van der Waals surface area contributed by atoms with Crippen molar-refractivity contribution in [3.63, 3.8) is 0 Å². The van der Waals surface area contributed by atoms with Crippen molar-refractivity contribution < 1.29 is 8.42 Å². The Hall–Kier alpha value is -3.60. The van der Waals surface area contributed by atoms with Crippen molar-refractivity contribution in [3.8, 4) is 11.1 Å². The van der Waals surface area contributed by atoms with Gasteiger partial charge in [0.15, 0.2) is 5.82 Å². The molecule has 0 spiro atoms. The van der Waals surface area contributed by atoms with Crippen LogP contribution in [0.25, 0.3) is 11.1 Å². The number of sulfonamides is 1. The van der Waals surface area contributed by atoms with E-state index in [9.17, 15) is 8.42 Å². The molecule has 2 aromatic heterocycles. The third-order valence-corrected chi connectivity index (χ3v) is 6.94. The van der Waals surface area contributed by atoms with Gasteiger partial charge in [-0.25, -0.2) is 18.1 Å². The summed E-state index contributed by atoms with van der Waals surface area (Å²) in [6.45, 7) is 1.84. The largest absolute Gasteiger partial charge is 0.324 e. The number of anilines is 3. The first kappa shape index (κ1) is 22.6. The second kappa shape index (κ2) is 9.90. The molecule has 0 aliphatic heterocycles. The molecule has 0 saturated heterocycles. The summed E-state index contributed by atoms with van der Waals surface area (Å²) in [4.78, 5) is 9.27. The normalized spacial score (nSPS) is 11.9. The van der Waals surface area contributed by atoms with Crippen molar-refractivity contribution in [2.45, 2.75) is 11.8 Å². The van der Waals surface area contributed by atoms with Crippen LogP contribution in [0.15, 0.2) is 87.6 Å². The number of hydrogen-bond acceptors (Lipinski definition) is 8. The van der Waals surface area contributed by atoms with Crippen LogP contribution in [0.5, 0.6) is 0 Å². The van der Waals surface area contributed by atoms with Crippen LogP contribution in [-0.4, -0.2) is 31.1 Å². The highest BCUT2D eigenvalue weighted by atomic mass is 32.2. The topological polar surface area (TPSA) is 108 Å². The quantitative estimate of drug-likeness (QED) is 0.250. The molecular weight excluding hydrogens is 456 g/mol. The summed E-state index contributed by atoms with van der Waals surface area (Å²) in [6, 6.07) is 18.2. The van der Waals surface area contributed by atoms with Crippen LogP contribution in [0, 0.1) is 0 Å². The zero-order valence-corrected chi connectivity index (χ0v) is 19.6. The smallest absolute Gasteiger partial charge is 0.240 e. The number of hydrogen-bond donors (Lipinski definition) is 3. The second-order valence-corrected chi connectivity index (χ2v) is 9.67. The van der Waals surface area contributed by atoms with Crippen LogP contribution in [0.1, 0.15) is 12.5 Å². The molecule has 0 fully saturated rings. The molecule has 168 valence electrons. The molecule has 0 atom stereocenters. The number of nitrogens with one attached hydrogen (secondary N) is 3. The number of thiophene rings is 1. The van der Waals surface area contributed by atoms with E-state index in [0.29, 0.717) is 17.5 Å². The Morgan fingerprint density at radius 2 is 1.79 bits per heavy atom. The van der Waals surface area contributed by atoms with Gasteiger partial charge < -0.3 is 5.32 Å². The number of para-hydroxylation sites is 1. The zero-order chi connectivity index (χ0) is 23.3. The summed E-state index contributed by atoms with van der Waals surface area (Å²) in [5.41, 5.74) is 7.20. The van der Waals surface area contributed by atoms with Gasteiger partial charge in [0.25, 0.3) is 0 Å². The van der Waals surface area contributed by atoms with Crippen LogP contribution in [0.2, 0.25) is 0 Å². The Morgan fingerprint density at radius 3 is 2.45 bits per heavy atom. The van der Waals surface area contributed by atoms with Crippen molar-refractivity contribution >= 4 is 44.5 Å². The van der Waals surface area contributed by atoms with E-state index in [1.807, 2.05) is 54.1 Å². The third kappa shape index (κ3) is 5.43. The van der Waals surface area contributed by atoms with E-state index >= 15 is 0 Å². The van der Waals surface area contributed by atoms with Crippen LogP contribution in [-0.2, 0) is 10.0 Å². The minimum Gasteiger partial charge on any atom is -0.324 e. The van der Waals surface area contributed by atoms with Gasteiger partial charge in [0.05, 0.1) is 10.6 Å². The molecule has 3 N–H and O–H groups in total. The lowest BCUT2D eigenvalue weighted by Crippen LogP contribution is -2.18. The summed E-state index contributed by atoms with van der Waals surface area (Å²) in [7, 11) is -2.10. The van der Waals surface area contributed by atoms with E-state index in [4.69, 9.17) is 0 Å². The highest BCUT2D eigenvalue weighted by molar-refractivity contribution is 7.89. The van der Waals surface area contributed by atoms with Gasteiger partial charge in [-0.3, -0.25) is 5.43 Å². The van der Waals surface area contributed by atoms with Gasteiger partial charge in [-0.2, -0.15) is 21.4 Å². The average molecular weight is 479 g/mol. The lowest BCUT2D eigenvalue weighted by molar-refractivity contribution is 0.588. The first-order valence-electron chi connectivity index (χ1n) is 10.0. The van der Waals surface area contributed by atoms with Crippen molar-refractivity contribution in [2.24, 2.45) is 5.10 Å². The molecule has 0 bridgehead atoms. The Bertz CT molecular complexity index is 1350. The molecule has 0 aliphatic rings. The van der Waals surface area contributed by atoms with E-state index in [2.05, 4.69) is 30.5 Å². The van der Waals surface area contributed by atoms with E-state index in [0.717, 1.165) is 22.4 Å². The van der Waals surface area contributed by atoms with Gasteiger partial charge >= 0.3 is 0 Å². The predicted octanol–water partition coefficient (Wildman–Crippen LogP) is 4.69. The molecular formula is C23H22N6O2S2. The highest BCUT2D eigenvalue weighted by Gasteiger charge is 2.12. The lowest BCUT2D eigenvalue weighted by atomic mass is 10.1. The second-order valence-electron chi connectivity index (χ2n) is 7.00. The SMILES string of the molecule is CNS(=O)(=O)c1ccc(C(C)=NNc2nc(Nc3ccccc3)ncc2-c2ccsc2)cc1. The monoisotopic (exact) mass is 478 g/mol. The summed E-state index contributed by atoms with van der Waals surface area (Å²) in [5, 5.41) is 11.7. The minimum absolute atomic E-state index is 0.196. The van der Waals surface area contributed by atoms with Gasteiger partial charge in [0, 0.05) is 17.4 Å². The summed E-state index contributed by atoms with van der Waals surface area (Å²) in [6.07, 6.45) is 1.75. The van der Waals surface area contributed by atoms with Crippen molar-refractivity contribution in [2.75, 3.05) is 17.8 Å². The third-order valence-electron chi connectivity index (χ3n) is 4.83. The Balaban J connectivity index is 1.61. The molecule has 0 unspecified atom stereocenters. The van der Waals surface area contributed by atoms with Crippen LogP contribution < -0.4 is 15.5 Å². The molecule has 10 heteroatoms. The van der Waals surface area contributed by atoms with Crippen molar-refractivity contribution in [1.29, 1.82) is 0 Å². The van der Waals surface area contributed by atoms with Gasteiger partial charge in [-0.15, -0.1) is 0 Å². The maximum atomic E-state index is 11.9. The molecule has 0 radical (unpaired) electrons. The van der Waals surface area contributed by atoms with Crippen molar-refractivity contribution in [1.82, 2.24) is 14.7 Å². The number of aromatic nitrogens is 2. The van der Waals surface area contributed by atoms with Gasteiger partial charge in [-0.1, -0.05) is 30.3 Å². The predicted molar refractivity (Wildman–Crippen MR) is 134 cm³/mol. The van der Waals surface area contributed by atoms with Gasteiger partial charge in [0.2, 0.25) is 16.0 Å². The molecule has 2 aromatic carbocycles. The molecule has 4 rings (SSSR count). The van der Waals surface area contributed by atoms with Gasteiger partial charge in [-0.05, 0) is 66.2 Å². The van der Waals surface area contributed by atoms with E-state index < -0.39 is 10.0 Å². The fraction of sp³-hybridized carbons (Fsp3) is 0.0870. The molecule has 4 aromatic rings.